The normalized spacial score (nSPS) is 10.3. The number of nitrogens with one attached hydrogen (secondary N) is 1. The summed E-state index contributed by atoms with van der Waals surface area (Å²) in [5.74, 6) is -0.163. The molecule has 1 heterocycles. The van der Waals surface area contributed by atoms with Crippen LogP contribution < -0.4 is 11.1 Å². The summed E-state index contributed by atoms with van der Waals surface area (Å²) in [6.07, 6.45) is 1.58. The number of hydrogen-bond donors (Lipinski definition) is 2. The third-order valence-electron chi connectivity index (χ3n) is 2.97. The topological polar surface area (TPSA) is 68.0 Å². The maximum atomic E-state index is 12.1. The summed E-state index contributed by atoms with van der Waals surface area (Å²) in [7, 11) is 0. The first-order valence-electron chi connectivity index (χ1n) is 6.08. The van der Waals surface area contributed by atoms with Gasteiger partial charge >= 0.3 is 0 Å². The van der Waals surface area contributed by atoms with Gasteiger partial charge in [-0.3, -0.25) is 9.78 Å². The number of aromatic nitrogens is 1. The fourth-order valence-electron chi connectivity index (χ4n) is 1.98. The van der Waals surface area contributed by atoms with E-state index in [-0.39, 0.29) is 5.91 Å². The van der Waals surface area contributed by atoms with Crippen LogP contribution in [0.4, 0.5) is 11.4 Å². The monoisotopic (exact) mass is 255 g/mol. The van der Waals surface area contributed by atoms with Crippen molar-refractivity contribution in [1.82, 2.24) is 4.98 Å². The Kier molecular flexibility index (Phi) is 3.51. The minimum absolute atomic E-state index is 0.163. The van der Waals surface area contributed by atoms with Gasteiger partial charge in [0.05, 0.1) is 5.56 Å². The summed E-state index contributed by atoms with van der Waals surface area (Å²) < 4.78 is 0. The van der Waals surface area contributed by atoms with E-state index in [2.05, 4.69) is 10.3 Å². The van der Waals surface area contributed by atoms with Gasteiger partial charge in [0.15, 0.2) is 0 Å². The number of rotatable bonds is 2. The molecule has 1 aromatic heterocycles. The number of carbonyl (C=O) groups is 1. The van der Waals surface area contributed by atoms with Crippen LogP contribution in [-0.4, -0.2) is 10.9 Å². The molecular formula is C15H17N3O. The Balaban J connectivity index is 2.26. The number of nitrogens with zero attached hydrogens (tertiary/aromatic N) is 1. The second-order valence-electron chi connectivity index (χ2n) is 4.67. The van der Waals surface area contributed by atoms with Gasteiger partial charge in [-0.25, -0.2) is 0 Å². The molecule has 3 N–H and O–H groups in total. The highest BCUT2D eigenvalue weighted by Crippen LogP contribution is 2.23. The molecule has 0 saturated heterocycles. The van der Waals surface area contributed by atoms with Gasteiger partial charge in [-0.2, -0.15) is 0 Å². The number of nitrogens with two attached hydrogens (primary N) is 1. The van der Waals surface area contributed by atoms with Gasteiger partial charge in [0.2, 0.25) is 0 Å². The van der Waals surface area contributed by atoms with Gasteiger partial charge in [0, 0.05) is 23.3 Å². The van der Waals surface area contributed by atoms with Crippen molar-refractivity contribution in [3.05, 3.63) is 52.8 Å². The Labute approximate surface area is 112 Å². The fraction of sp³-hybridized carbons (Fsp3) is 0.200. The van der Waals surface area contributed by atoms with E-state index in [9.17, 15) is 4.79 Å². The molecule has 2 aromatic rings. The molecule has 0 radical (unpaired) electrons. The molecule has 0 aliphatic heterocycles. The predicted octanol–water partition coefficient (Wildman–Crippen LogP) is 2.84. The Morgan fingerprint density at radius 1 is 1.16 bits per heavy atom. The van der Waals surface area contributed by atoms with Crippen molar-refractivity contribution in [3.8, 4) is 0 Å². The first-order chi connectivity index (χ1) is 8.97. The molecule has 98 valence electrons. The third-order valence-corrected chi connectivity index (χ3v) is 2.97. The average Bonchev–Trinajstić information content (AvgIpc) is 2.34. The molecule has 0 aliphatic rings. The summed E-state index contributed by atoms with van der Waals surface area (Å²) in [6.45, 7) is 5.73. The highest BCUT2D eigenvalue weighted by molar-refractivity contribution is 6.05. The van der Waals surface area contributed by atoms with Crippen molar-refractivity contribution in [2.24, 2.45) is 0 Å². The standard InChI is InChI=1S/C15H17N3O/c1-9-6-13(16)7-10(2)14(9)18-15(19)12-5-4-11(3)17-8-12/h4-8H,16H2,1-3H3,(H,18,19). The fourth-order valence-corrected chi connectivity index (χ4v) is 1.98. The molecule has 2 rings (SSSR count). The molecule has 0 aliphatic carbocycles. The van der Waals surface area contributed by atoms with Gasteiger partial charge in [-0.05, 0) is 56.2 Å². The number of aryl methyl sites for hydroxylation is 3. The van der Waals surface area contributed by atoms with Crippen LogP contribution in [-0.2, 0) is 0 Å². The molecule has 0 saturated carbocycles. The quantitative estimate of drug-likeness (QED) is 0.811. The Hall–Kier alpha value is -2.36. The second-order valence-corrected chi connectivity index (χ2v) is 4.67. The van der Waals surface area contributed by atoms with E-state index in [1.165, 1.54) is 0 Å². The molecule has 0 atom stereocenters. The Morgan fingerprint density at radius 2 is 1.79 bits per heavy atom. The van der Waals surface area contributed by atoms with E-state index in [0.717, 1.165) is 22.5 Å². The molecule has 0 unspecified atom stereocenters. The van der Waals surface area contributed by atoms with Crippen LogP contribution in [0.3, 0.4) is 0 Å². The average molecular weight is 255 g/mol. The zero-order valence-corrected chi connectivity index (χ0v) is 11.3. The van der Waals surface area contributed by atoms with Crippen molar-refractivity contribution in [2.45, 2.75) is 20.8 Å². The van der Waals surface area contributed by atoms with Crippen LogP contribution in [0.25, 0.3) is 0 Å². The largest absolute Gasteiger partial charge is 0.399 e. The molecule has 4 heteroatoms. The van der Waals surface area contributed by atoms with Crippen molar-refractivity contribution in [3.63, 3.8) is 0 Å². The lowest BCUT2D eigenvalue weighted by molar-refractivity contribution is 0.102. The molecule has 1 aromatic carbocycles. The minimum Gasteiger partial charge on any atom is -0.399 e. The Bertz CT molecular complexity index is 595. The molecule has 19 heavy (non-hydrogen) atoms. The number of anilines is 2. The summed E-state index contributed by atoms with van der Waals surface area (Å²) in [4.78, 5) is 16.3. The van der Waals surface area contributed by atoms with Crippen LogP contribution in [0.15, 0.2) is 30.5 Å². The summed E-state index contributed by atoms with van der Waals surface area (Å²) >= 11 is 0. The van der Waals surface area contributed by atoms with E-state index in [1.54, 1.807) is 12.3 Å². The van der Waals surface area contributed by atoms with Crippen LogP contribution in [0.5, 0.6) is 0 Å². The van der Waals surface area contributed by atoms with Gasteiger partial charge in [-0.15, -0.1) is 0 Å². The first kappa shape index (κ1) is 13.1. The summed E-state index contributed by atoms with van der Waals surface area (Å²) in [6, 6.07) is 7.27. The number of pyridine rings is 1. The van der Waals surface area contributed by atoms with Crippen molar-refractivity contribution in [2.75, 3.05) is 11.1 Å². The lowest BCUT2D eigenvalue weighted by Gasteiger charge is -2.12. The van der Waals surface area contributed by atoms with Crippen molar-refractivity contribution >= 4 is 17.3 Å². The molecule has 0 spiro atoms. The van der Waals surface area contributed by atoms with Crippen LogP contribution in [0.2, 0.25) is 0 Å². The molecule has 0 bridgehead atoms. The molecule has 0 fully saturated rings. The number of nitrogen functional groups attached to an aromatic ring is 1. The first-order valence-corrected chi connectivity index (χ1v) is 6.08. The summed E-state index contributed by atoms with van der Waals surface area (Å²) in [5.41, 5.74) is 10.6. The highest BCUT2D eigenvalue weighted by atomic mass is 16.1. The number of benzene rings is 1. The zero-order chi connectivity index (χ0) is 14.0. The van der Waals surface area contributed by atoms with Crippen molar-refractivity contribution in [1.29, 1.82) is 0 Å². The van der Waals surface area contributed by atoms with E-state index in [1.807, 2.05) is 39.0 Å². The van der Waals surface area contributed by atoms with Gasteiger partial charge in [-0.1, -0.05) is 0 Å². The zero-order valence-electron chi connectivity index (χ0n) is 11.3. The SMILES string of the molecule is Cc1ccc(C(=O)Nc2c(C)cc(N)cc2C)cn1. The predicted molar refractivity (Wildman–Crippen MR) is 77.3 cm³/mol. The molecule has 1 amide bonds. The van der Waals surface area contributed by atoms with Crippen LogP contribution in [0, 0.1) is 20.8 Å². The maximum absolute atomic E-state index is 12.1. The van der Waals surface area contributed by atoms with E-state index >= 15 is 0 Å². The number of carbonyl (C=O) groups excluding carboxylic acids is 1. The van der Waals surface area contributed by atoms with E-state index in [4.69, 9.17) is 5.73 Å². The second kappa shape index (κ2) is 5.10. The maximum Gasteiger partial charge on any atom is 0.257 e. The highest BCUT2D eigenvalue weighted by Gasteiger charge is 2.10. The van der Waals surface area contributed by atoms with Gasteiger partial charge < -0.3 is 11.1 Å². The number of amides is 1. The van der Waals surface area contributed by atoms with Crippen LogP contribution in [0.1, 0.15) is 27.2 Å². The Morgan fingerprint density at radius 3 is 2.32 bits per heavy atom. The van der Waals surface area contributed by atoms with Gasteiger partial charge in [0.25, 0.3) is 5.91 Å². The van der Waals surface area contributed by atoms with Crippen molar-refractivity contribution < 1.29 is 4.79 Å². The minimum atomic E-state index is -0.163. The van der Waals surface area contributed by atoms with Crippen LogP contribution >= 0.6 is 0 Å². The smallest absolute Gasteiger partial charge is 0.257 e. The number of hydrogen-bond acceptors (Lipinski definition) is 3. The van der Waals surface area contributed by atoms with E-state index < -0.39 is 0 Å². The molecular weight excluding hydrogens is 238 g/mol. The lowest BCUT2D eigenvalue weighted by atomic mass is 10.1. The summed E-state index contributed by atoms with van der Waals surface area (Å²) in [5, 5.41) is 2.91. The van der Waals surface area contributed by atoms with E-state index in [0.29, 0.717) is 11.3 Å². The van der Waals surface area contributed by atoms with Gasteiger partial charge in [0.1, 0.15) is 0 Å². The third kappa shape index (κ3) is 2.91. The molecule has 4 nitrogen and oxygen atoms in total. The lowest BCUT2D eigenvalue weighted by Crippen LogP contribution is -2.14.